The van der Waals surface area contributed by atoms with Crippen molar-refractivity contribution in [3.63, 3.8) is 0 Å². The molecule has 2 amide bonds. The van der Waals surface area contributed by atoms with Gasteiger partial charge in [0, 0.05) is 42.3 Å². The molecule has 1 saturated heterocycles. The van der Waals surface area contributed by atoms with Crippen molar-refractivity contribution in [2.45, 2.75) is 19.4 Å². The SMILES string of the molecule is CN1C[N+](C)(C)Cc2cc(-c3nnc(-c4ccc(C(=O)ON5C(=O)CCC5=O)cc4)o3)ccc21. The molecule has 2 aromatic carbocycles. The number of aromatic nitrogens is 2. The van der Waals surface area contributed by atoms with Gasteiger partial charge >= 0.3 is 5.97 Å². The second-order valence-electron chi connectivity index (χ2n) is 9.23. The Balaban J connectivity index is 1.33. The predicted molar refractivity (Wildman–Crippen MR) is 121 cm³/mol. The minimum absolute atomic E-state index is 0.0440. The van der Waals surface area contributed by atoms with Gasteiger partial charge in [-0.2, -0.15) is 0 Å². The number of imide groups is 1. The van der Waals surface area contributed by atoms with Crippen molar-refractivity contribution >= 4 is 23.5 Å². The van der Waals surface area contributed by atoms with Crippen LogP contribution in [0.1, 0.15) is 28.8 Å². The number of rotatable bonds is 4. The maximum absolute atomic E-state index is 12.3. The smallest absolute Gasteiger partial charge is 0.363 e. The molecule has 0 N–H and O–H groups in total. The number of anilines is 1. The number of amides is 2. The van der Waals surface area contributed by atoms with Crippen LogP contribution in [0.3, 0.4) is 0 Å². The molecule has 1 aromatic heterocycles. The van der Waals surface area contributed by atoms with Gasteiger partial charge in [0.2, 0.25) is 11.8 Å². The van der Waals surface area contributed by atoms with Crippen molar-refractivity contribution in [3.8, 4) is 22.9 Å². The van der Waals surface area contributed by atoms with Gasteiger partial charge in [0.15, 0.2) is 6.67 Å². The van der Waals surface area contributed by atoms with Gasteiger partial charge in [-0.15, -0.1) is 15.3 Å². The molecule has 34 heavy (non-hydrogen) atoms. The molecule has 0 aliphatic carbocycles. The number of hydrogen-bond donors (Lipinski definition) is 0. The van der Waals surface area contributed by atoms with Crippen molar-refractivity contribution in [2.75, 3.05) is 32.7 Å². The largest absolute Gasteiger partial charge is 0.416 e. The zero-order valence-electron chi connectivity index (χ0n) is 19.1. The lowest BCUT2D eigenvalue weighted by molar-refractivity contribution is -0.904. The molecule has 0 radical (unpaired) electrons. The lowest BCUT2D eigenvalue weighted by Gasteiger charge is -2.40. The highest BCUT2D eigenvalue weighted by molar-refractivity contribution is 6.02. The van der Waals surface area contributed by atoms with E-state index in [1.54, 1.807) is 12.1 Å². The van der Waals surface area contributed by atoms with Crippen molar-refractivity contribution in [1.82, 2.24) is 15.3 Å². The van der Waals surface area contributed by atoms with Crippen LogP contribution in [0.4, 0.5) is 5.69 Å². The molecule has 0 saturated carbocycles. The number of fused-ring (bicyclic) bond motifs is 1. The van der Waals surface area contributed by atoms with Crippen LogP contribution in [0.5, 0.6) is 0 Å². The van der Waals surface area contributed by atoms with Crippen molar-refractivity contribution in [2.24, 2.45) is 0 Å². The summed E-state index contributed by atoms with van der Waals surface area (Å²) in [6.45, 7) is 1.84. The maximum atomic E-state index is 12.3. The van der Waals surface area contributed by atoms with E-state index in [2.05, 4.69) is 48.4 Å². The van der Waals surface area contributed by atoms with Crippen LogP contribution in [0.15, 0.2) is 46.9 Å². The normalized spacial score (nSPS) is 17.1. The number of hydrogen-bond acceptors (Lipinski definition) is 8. The van der Waals surface area contributed by atoms with E-state index >= 15 is 0 Å². The fourth-order valence-corrected chi connectivity index (χ4v) is 4.38. The molecular formula is C24H24N5O5+. The van der Waals surface area contributed by atoms with Crippen LogP contribution < -0.4 is 4.90 Å². The fraction of sp³-hybridized carbons (Fsp3) is 0.292. The Hall–Kier alpha value is -4.05. The predicted octanol–water partition coefficient (Wildman–Crippen LogP) is 2.61. The Kier molecular flexibility index (Phi) is 5.17. The van der Waals surface area contributed by atoms with E-state index in [1.807, 2.05) is 6.07 Å². The van der Waals surface area contributed by atoms with Gasteiger partial charge in [-0.1, -0.05) is 0 Å². The highest BCUT2D eigenvalue weighted by atomic mass is 16.7. The molecule has 10 nitrogen and oxygen atoms in total. The summed E-state index contributed by atoms with van der Waals surface area (Å²) in [6, 6.07) is 12.4. The molecule has 0 bridgehead atoms. The van der Waals surface area contributed by atoms with E-state index in [1.165, 1.54) is 23.4 Å². The van der Waals surface area contributed by atoms with Gasteiger partial charge in [0.25, 0.3) is 11.8 Å². The third-order valence-corrected chi connectivity index (χ3v) is 5.90. The fourth-order valence-electron chi connectivity index (χ4n) is 4.38. The highest BCUT2D eigenvalue weighted by Gasteiger charge is 2.33. The maximum Gasteiger partial charge on any atom is 0.363 e. The van der Waals surface area contributed by atoms with Crippen LogP contribution in [0.2, 0.25) is 0 Å². The minimum Gasteiger partial charge on any atom is -0.416 e. The molecule has 2 aliphatic rings. The molecular weight excluding hydrogens is 438 g/mol. The highest BCUT2D eigenvalue weighted by Crippen LogP contribution is 2.33. The van der Waals surface area contributed by atoms with Gasteiger partial charge < -0.3 is 18.6 Å². The van der Waals surface area contributed by atoms with Crippen LogP contribution in [0, 0.1) is 0 Å². The third kappa shape index (κ3) is 4.03. The van der Waals surface area contributed by atoms with Crippen LogP contribution >= 0.6 is 0 Å². The summed E-state index contributed by atoms with van der Waals surface area (Å²) in [5.41, 5.74) is 4.07. The number of nitrogens with zero attached hydrogens (tertiary/aromatic N) is 5. The van der Waals surface area contributed by atoms with Crippen LogP contribution in [0.25, 0.3) is 22.9 Å². The monoisotopic (exact) mass is 462 g/mol. The lowest BCUT2D eigenvalue weighted by Crippen LogP contribution is -2.50. The average Bonchev–Trinajstić information content (AvgIpc) is 3.41. The standard InChI is InChI=1S/C24H24N5O5/c1-27-14-29(2,3)13-18-12-17(8-9-19(18)27)23-26-25-22(33-23)15-4-6-16(7-5-15)24(32)34-28-20(30)10-11-21(28)31/h4-9,12H,10-11,13-14H2,1-3H3/q+1. The molecule has 174 valence electrons. The third-order valence-electron chi connectivity index (χ3n) is 5.90. The van der Waals surface area contributed by atoms with E-state index in [0.29, 0.717) is 22.4 Å². The average molecular weight is 462 g/mol. The second kappa shape index (κ2) is 8.07. The summed E-state index contributed by atoms with van der Waals surface area (Å²) in [6.07, 6.45) is 0.0880. The van der Waals surface area contributed by atoms with Crippen LogP contribution in [-0.2, 0) is 21.0 Å². The topological polar surface area (TPSA) is 106 Å². The van der Waals surface area contributed by atoms with E-state index in [9.17, 15) is 14.4 Å². The number of quaternary nitrogens is 1. The first kappa shape index (κ1) is 21.8. The summed E-state index contributed by atoms with van der Waals surface area (Å²) < 4.78 is 6.77. The second-order valence-corrected chi connectivity index (χ2v) is 9.23. The summed E-state index contributed by atoms with van der Waals surface area (Å²) in [5.74, 6) is -1.12. The first-order valence-corrected chi connectivity index (χ1v) is 10.9. The Labute approximate surface area is 195 Å². The van der Waals surface area contributed by atoms with Crippen LogP contribution in [-0.4, -0.2) is 65.3 Å². The lowest BCUT2D eigenvalue weighted by atomic mass is 10.0. The molecule has 2 aliphatic heterocycles. The quantitative estimate of drug-likeness (QED) is 0.430. The molecule has 0 unspecified atom stereocenters. The molecule has 3 heterocycles. The summed E-state index contributed by atoms with van der Waals surface area (Å²) >= 11 is 0. The molecule has 0 spiro atoms. The number of hydroxylamine groups is 2. The Morgan fingerprint density at radius 3 is 2.26 bits per heavy atom. The Bertz CT molecular complexity index is 1280. The van der Waals surface area contributed by atoms with E-state index in [-0.39, 0.29) is 18.4 Å². The number of carbonyl (C=O) groups is 3. The number of benzene rings is 2. The van der Waals surface area contributed by atoms with Crippen molar-refractivity contribution in [3.05, 3.63) is 53.6 Å². The Morgan fingerprint density at radius 1 is 0.971 bits per heavy atom. The zero-order valence-corrected chi connectivity index (χ0v) is 19.1. The van der Waals surface area contributed by atoms with Gasteiger partial charge in [0.1, 0.15) is 6.54 Å². The first-order chi connectivity index (χ1) is 16.2. The van der Waals surface area contributed by atoms with Crippen molar-refractivity contribution < 1.29 is 28.1 Å². The molecule has 0 atom stereocenters. The molecule has 10 heteroatoms. The van der Waals surface area contributed by atoms with Crippen molar-refractivity contribution in [1.29, 1.82) is 0 Å². The van der Waals surface area contributed by atoms with E-state index < -0.39 is 17.8 Å². The molecule has 1 fully saturated rings. The summed E-state index contributed by atoms with van der Waals surface area (Å²) in [4.78, 5) is 42.7. The van der Waals surface area contributed by atoms with Gasteiger partial charge in [0.05, 0.1) is 19.7 Å². The summed E-state index contributed by atoms with van der Waals surface area (Å²) in [7, 11) is 6.47. The van der Waals surface area contributed by atoms with E-state index in [0.717, 1.165) is 23.3 Å². The summed E-state index contributed by atoms with van der Waals surface area (Å²) in [5, 5.41) is 8.88. The van der Waals surface area contributed by atoms with Gasteiger partial charge in [-0.3, -0.25) is 9.59 Å². The van der Waals surface area contributed by atoms with Gasteiger partial charge in [-0.25, -0.2) is 4.79 Å². The van der Waals surface area contributed by atoms with Gasteiger partial charge in [-0.05, 0) is 42.5 Å². The minimum atomic E-state index is -0.790. The molecule has 5 rings (SSSR count). The first-order valence-electron chi connectivity index (χ1n) is 10.9. The number of carbonyl (C=O) groups excluding carboxylic acids is 3. The zero-order chi connectivity index (χ0) is 24.0. The molecule has 3 aromatic rings. The Morgan fingerprint density at radius 2 is 1.59 bits per heavy atom. The van der Waals surface area contributed by atoms with E-state index in [4.69, 9.17) is 9.25 Å².